The van der Waals surface area contributed by atoms with E-state index >= 15 is 0 Å². The zero-order valence-corrected chi connectivity index (χ0v) is 21.1. The Bertz CT molecular complexity index is 1000. The van der Waals surface area contributed by atoms with Gasteiger partial charge in [0.1, 0.15) is 5.75 Å². The van der Waals surface area contributed by atoms with Crippen LogP contribution in [-0.2, 0) is 14.9 Å². The summed E-state index contributed by atoms with van der Waals surface area (Å²) in [5.41, 5.74) is 2.46. The van der Waals surface area contributed by atoms with E-state index in [-0.39, 0.29) is 12.5 Å². The largest absolute Gasteiger partial charge is 0.494 e. The molecule has 1 aliphatic rings. The van der Waals surface area contributed by atoms with Crippen molar-refractivity contribution in [3.8, 4) is 5.75 Å². The second kappa shape index (κ2) is 11.9. The molecule has 0 radical (unpaired) electrons. The third-order valence-electron chi connectivity index (χ3n) is 6.32. The molecule has 1 fully saturated rings. The van der Waals surface area contributed by atoms with Crippen LogP contribution in [0.15, 0.2) is 42.5 Å². The lowest BCUT2D eigenvalue weighted by Gasteiger charge is -2.37. The SMILES string of the molecule is CCOc1ccc(NC(=O)Nc2cc(C(C)(C)CC(=O)O)ccc2N(CC)C2CCOCC2)cc1. The number of rotatable bonds is 10. The Morgan fingerprint density at radius 3 is 2.37 bits per heavy atom. The molecule has 2 aromatic rings. The quantitative estimate of drug-likeness (QED) is 0.413. The molecule has 0 aliphatic carbocycles. The van der Waals surface area contributed by atoms with Gasteiger partial charge in [0.05, 0.1) is 24.4 Å². The summed E-state index contributed by atoms with van der Waals surface area (Å²) in [5.74, 6) is -0.122. The van der Waals surface area contributed by atoms with Crippen molar-refractivity contribution in [3.05, 3.63) is 48.0 Å². The van der Waals surface area contributed by atoms with Crippen molar-refractivity contribution in [1.29, 1.82) is 0 Å². The molecule has 3 N–H and O–H groups in total. The van der Waals surface area contributed by atoms with Crippen LogP contribution in [0.4, 0.5) is 21.9 Å². The minimum absolute atomic E-state index is 0.0123. The predicted molar refractivity (Wildman–Crippen MR) is 139 cm³/mol. The second-order valence-electron chi connectivity index (χ2n) is 9.35. The highest BCUT2D eigenvalue weighted by Gasteiger charge is 2.28. The van der Waals surface area contributed by atoms with Crippen molar-refractivity contribution >= 4 is 29.1 Å². The van der Waals surface area contributed by atoms with E-state index < -0.39 is 11.4 Å². The molecule has 0 saturated carbocycles. The molecular weight excluding hydrogens is 446 g/mol. The molecule has 0 bridgehead atoms. The van der Waals surface area contributed by atoms with Crippen molar-refractivity contribution in [2.75, 3.05) is 41.9 Å². The van der Waals surface area contributed by atoms with E-state index in [4.69, 9.17) is 9.47 Å². The molecule has 8 nitrogen and oxygen atoms in total. The van der Waals surface area contributed by atoms with Crippen LogP contribution < -0.4 is 20.3 Å². The van der Waals surface area contributed by atoms with Gasteiger partial charge in [-0.3, -0.25) is 4.79 Å². The molecule has 3 rings (SSSR count). The highest BCUT2D eigenvalue weighted by Crippen LogP contribution is 2.36. The minimum atomic E-state index is -0.862. The van der Waals surface area contributed by atoms with E-state index in [1.54, 1.807) is 12.1 Å². The molecule has 2 aromatic carbocycles. The average Bonchev–Trinajstić information content (AvgIpc) is 2.81. The van der Waals surface area contributed by atoms with Crippen LogP contribution in [0.1, 0.15) is 52.5 Å². The summed E-state index contributed by atoms with van der Waals surface area (Å²) >= 11 is 0. The number of carbonyl (C=O) groups is 2. The van der Waals surface area contributed by atoms with E-state index in [0.717, 1.165) is 36.4 Å². The number of nitrogens with one attached hydrogen (secondary N) is 2. The van der Waals surface area contributed by atoms with E-state index in [1.165, 1.54) is 0 Å². The van der Waals surface area contributed by atoms with Crippen LogP contribution >= 0.6 is 0 Å². The van der Waals surface area contributed by atoms with Crippen LogP contribution in [0.5, 0.6) is 5.75 Å². The fraction of sp³-hybridized carbons (Fsp3) is 0.481. The molecule has 1 saturated heterocycles. The van der Waals surface area contributed by atoms with Gasteiger partial charge in [-0.15, -0.1) is 0 Å². The van der Waals surface area contributed by atoms with E-state index in [2.05, 4.69) is 22.5 Å². The summed E-state index contributed by atoms with van der Waals surface area (Å²) in [6, 6.07) is 13.0. The number of anilines is 3. The number of urea groups is 1. The van der Waals surface area contributed by atoms with Crippen molar-refractivity contribution in [2.45, 2.75) is 58.4 Å². The van der Waals surface area contributed by atoms with Gasteiger partial charge in [0.25, 0.3) is 0 Å². The van der Waals surface area contributed by atoms with Gasteiger partial charge in [-0.2, -0.15) is 0 Å². The van der Waals surface area contributed by atoms with E-state index in [9.17, 15) is 14.7 Å². The Labute approximate surface area is 207 Å². The Hall–Kier alpha value is -3.26. The number of aliphatic carboxylic acids is 1. The van der Waals surface area contributed by atoms with Crippen LogP contribution in [-0.4, -0.2) is 49.5 Å². The lowest BCUT2D eigenvalue weighted by atomic mass is 9.81. The van der Waals surface area contributed by atoms with Crippen molar-refractivity contribution in [3.63, 3.8) is 0 Å². The molecule has 0 spiro atoms. The van der Waals surface area contributed by atoms with Gasteiger partial charge in [-0.1, -0.05) is 19.9 Å². The maximum atomic E-state index is 13.0. The number of carbonyl (C=O) groups excluding carboxylic acids is 1. The predicted octanol–water partition coefficient (Wildman–Crippen LogP) is 5.49. The molecule has 1 aliphatic heterocycles. The highest BCUT2D eigenvalue weighted by atomic mass is 16.5. The van der Waals surface area contributed by atoms with Crippen LogP contribution in [0.25, 0.3) is 0 Å². The molecule has 35 heavy (non-hydrogen) atoms. The normalized spacial score (nSPS) is 14.3. The Kier molecular flexibility index (Phi) is 8.98. The Balaban J connectivity index is 1.89. The number of nitrogens with zero attached hydrogens (tertiary/aromatic N) is 1. The zero-order chi connectivity index (χ0) is 25.4. The summed E-state index contributed by atoms with van der Waals surface area (Å²) in [7, 11) is 0. The third-order valence-corrected chi connectivity index (χ3v) is 6.32. The molecular formula is C27H37N3O5. The Morgan fingerprint density at radius 1 is 1.09 bits per heavy atom. The zero-order valence-electron chi connectivity index (χ0n) is 21.1. The van der Waals surface area contributed by atoms with Crippen molar-refractivity contribution in [2.24, 2.45) is 0 Å². The first-order valence-electron chi connectivity index (χ1n) is 12.2. The van der Waals surface area contributed by atoms with E-state index in [1.807, 2.05) is 51.1 Å². The van der Waals surface area contributed by atoms with Crippen molar-refractivity contribution in [1.82, 2.24) is 0 Å². The van der Waals surface area contributed by atoms with Crippen LogP contribution in [0, 0.1) is 0 Å². The van der Waals surface area contributed by atoms with Gasteiger partial charge in [0.15, 0.2) is 0 Å². The van der Waals surface area contributed by atoms with Crippen LogP contribution in [0.2, 0.25) is 0 Å². The molecule has 190 valence electrons. The van der Waals surface area contributed by atoms with Gasteiger partial charge in [0, 0.05) is 36.9 Å². The lowest BCUT2D eigenvalue weighted by Crippen LogP contribution is -2.40. The highest BCUT2D eigenvalue weighted by molar-refractivity contribution is 6.02. The second-order valence-corrected chi connectivity index (χ2v) is 9.35. The van der Waals surface area contributed by atoms with Gasteiger partial charge in [0.2, 0.25) is 0 Å². The fourth-order valence-electron chi connectivity index (χ4n) is 4.50. The first-order valence-corrected chi connectivity index (χ1v) is 12.2. The number of benzene rings is 2. The molecule has 0 aromatic heterocycles. The first-order chi connectivity index (χ1) is 16.7. The third kappa shape index (κ3) is 7.11. The van der Waals surface area contributed by atoms with Gasteiger partial charge >= 0.3 is 12.0 Å². The van der Waals surface area contributed by atoms with Crippen LogP contribution in [0.3, 0.4) is 0 Å². The molecule has 8 heteroatoms. The topological polar surface area (TPSA) is 100 Å². The monoisotopic (exact) mass is 483 g/mol. The summed E-state index contributed by atoms with van der Waals surface area (Å²) in [4.78, 5) is 26.7. The minimum Gasteiger partial charge on any atom is -0.494 e. The molecule has 2 amide bonds. The average molecular weight is 484 g/mol. The maximum absolute atomic E-state index is 13.0. The smallest absolute Gasteiger partial charge is 0.323 e. The summed E-state index contributed by atoms with van der Waals surface area (Å²) < 4.78 is 11.0. The molecule has 0 unspecified atom stereocenters. The van der Waals surface area contributed by atoms with Crippen molar-refractivity contribution < 1.29 is 24.2 Å². The lowest BCUT2D eigenvalue weighted by molar-refractivity contribution is -0.138. The number of ether oxygens (including phenoxy) is 2. The number of hydrogen-bond acceptors (Lipinski definition) is 5. The fourth-order valence-corrected chi connectivity index (χ4v) is 4.50. The number of carboxylic acids is 1. The summed E-state index contributed by atoms with van der Waals surface area (Å²) in [5, 5.41) is 15.3. The molecule has 0 atom stereocenters. The standard InChI is InChI=1S/C27H37N3O5/c1-5-30(21-13-15-34-16-14-21)24-12-7-19(27(3,4)18-25(31)32)17-23(24)29-26(33)28-20-8-10-22(11-9-20)35-6-2/h7-12,17,21H,5-6,13-16,18H2,1-4H3,(H,31,32)(H2,28,29,33). The maximum Gasteiger partial charge on any atom is 0.323 e. The van der Waals surface area contributed by atoms with Gasteiger partial charge in [-0.25, -0.2) is 4.79 Å². The summed E-state index contributed by atoms with van der Waals surface area (Å²) in [6.07, 6.45) is 1.82. The molecule has 1 heterocycles. The number of hydrogen-bond donors (Lipinski definition) is 3. The van der Waals surface area contributed by atoms with Gasteiger partial charge < -0.3 is 30.1 Å². The number of carboxylic acid groups (broad SMARTS) is 1. The summed E-state index contributed by atoms with van der Waals surface area (Å²) in [6.45, 7) is 10.6. The first kappa shape index (κ1) is 26.3. The van der Waals surface area contributed by atoms with Gasteiger partial charge in [-0.05, 0) is 68.7 Å². The van der Waals surface area contributed by atoms with E-state index in [0.29, 0.717) is 37.2 Å². The Morgan fingerprint density at radius 2 is 1.77 bits per heavy atom. The number of amides is 2.